The maximum atomic E-state index is 14.7. The molecule has 0 spiro atoms. The average Bonchev–Trinajstić information content (AvgIpc) is 3.00. The Kier molecular flexibility index (Phi) is 6.31. The van der Waals surface area contributed by atoms with E-state index in [0.717, 1.165) is 15.9 Å². The Morgan fingerprint density at radius 3 is 2.70 bits per heavy atom. The standard InChI is InChI=1S/C17H20FN3O4S.ClH/c1-10-13(8-15(25-10)26(23,24)21(2)3)17(22)20-14-5-4-11-9-19-7-6-12(11)16(14)18;/h4-5,8,19H,6-7,9H2,1-3H3,(H,20,22);1H. The van der Waals surface area contributed by atoms with Crippen LogP contribution in [0.5, 0.6) is 0 Å². The number of halogens is 2. The van der Waals surface area contributed by atoms with Crippen molar-refractivity contribution in [1.82, 2.24) is 9.62 Å². The summed E-state index contributed by atoms with van der Waals surface area (Å²) in [5.74, 6) is -0.940. The fourth-order valence-electron chi connectivity index (χ4n) is 2.81. The van der Waals surface area contributed by atoms with Gasteiger partial charge in [0.2, 0.25) is 5.09 Å². The molecule has 0 bridgehead atoms. The summed E-state index contributed by atoms with van der Waals surface area (Å²) in [6.45, 7) is 2.75. The highest BCUT2D eigenvalue weighted by Crippen LogP contribution is 2.26. The van der Waals surface area contributed by atoms with Crippen molar-refractivity contribution in [3.05, 3.63) is 46.5 Å². The van der Waals surface area contributed by atoms with Gasteiger partial charge in [0.15, 0.2) is 0 Å². The summed E-state index contributed by atoms with van der Waals surface area (Å²) in [7, 11) is -1.07. The van der Waals surface area contributed by atoms with Crippen molar-refractivity contribution in [2.75, 3.05) is 26.0 Å². The lowest BCUT2D eigenvalue weighted by Gasteiger charge is -2.19. The summed E-state index contributed by atoms with van der Waals surface area (Å²) in [4.78, 5) is 12.5. The molecule has 0 unspecified atom stereocenters. The van der Waals surface area contributed by atoms with E-state index >= 15 is 0 Å². The summed E-state index contributed by atoms with van der Waals surface area (Å²) >= 11 is 0. The summed E-state index contributed by atoms with van der Waals surface area (Å²) in [5, 5.41) is 5.34. The molecule has 0 radical (unpaired) electrons. The number of nitrogens with one attached hydrogen (secondary N) is 2. The largest absolute Gasteiger partial charge is 0.448 e. The maximum Gasteiger partial charge on any atom is 0.275 e. The van der Waals surface area contributed by atoms with Crippen molar-refractivity contribution in [2.45, 2.75) is 25.0 Å². The minimum atomic E-state index is -3.80. The molecular formula is C17H21ClFN3O4S. The smallest absolute Gasteiger partial charge is 0.275 e. The molecule has 3 rings (SSSR count). The molecule has 10 heteroatoms. The number of nitrogens with zero attached hydrogens (tertiary/aromatic N) is 1. The molecule has 0 saturated heterocycles. The van der Waals surface area contributed by atoms with Crippen molar-refractivity contribution < 1.29 is 22.0 Å². The highest BCUT2D eigenvalue weighted by Gasteiger charge is 2.26. The minimum Gasteiger partial charge on any atom is -0.448 e. The molecule has 0 aliphatic carbocycles. The fourth-order valence-corrected chi connectivity index (χ4v) is 3.66. The number of carbonyl (C=O) groups is 1. The molecule has 148 valence electrons. The predicted molar refractivity (Wildman–Crippen MR) is 101 cm³/mol. The van der Waals surface area contributed by atoms with E-state index in [1.165, 1.54) is 27.1 Å². The van der Waals surface area contributed by atoms with E-state index in [4.69, 9.17) is 4.42 Å². The number of amides is 1. The van der Waals surface area contributed by atoms with Gasteiger partial charge in [-0.15, -0.1) is 12.4 Å². The van der Waals surface area contributed by atoms with E-state index in [2.05, 4.69) is 10.6 Å². The van der Waals surface area contributed by atoms with Crippen LogP contribution in [0.15, 0.2) is 27.7 Å². The number of aryl methyl sites for hydroxylation is 1. The van der Waals surface area contributed by atoms with Crippen molar-refractivity contribution in [1.29, 1.82) is 0 Å². The van der Waals surface area contributed by atoms with Gasteiger partial charge in [-0.1, -0.05) is 6.07 Å². The van der Waals surface area contributed by atoms with E-state index in [0.29, 0.717) is 25.1 Å². The van der Waals surface area contributed by atoms with E-state index in [-0.39, 0.29) is 34.5 Å². The zero-order valence-corrected chi connectivity index (χ0v) is 16.8. The normalized spacial score (nSPS) is 13.8. The Labute approximate surface area is 163 Å². The number of sulfonamides is 1. The number of hydrogen-bond acceptors (Lipinski definition) is 5. The summed E-state index contributed by atoms with van der Waals surface area (Å²) < 4.78 is 45.1. The highest BCUT2D eigenvalue weighted by atomic mass is 35.5. The molecule has 1 amide bonds. The van der Waals surface area contributed by atoms with Crippen molar-refractivity contribution >= 4 is 34.0 Å². The number of benzene rings is 1. The zero-order valence-electron chi connectivity index (χ0n) is 15.1. The third-order valence-corrected chi connectivity index (χ3v) is 6.00. The first-order valence-electron chi connectivity index (χ1n) is 8.07. The van der Waals surface area contributed by atoms with Crippen LogP contribution in [0.1, 0.15) is 27.2 Å². The van der Waals surface area contributed by atoms with Gasteiger partial charge < -0.3 is 15.1 Å². The quantitative estimate of drug-likeness (QED) is 0.796. The van der Waals surface area contributed by atoms with Gasteiger partial charge in [0.05, 0.1) is 11.3 Å². The molecular weight excluding hydrogens is 397 g/mol. The molecule has 0 atom stereocenters. The summed E-state index contributed by atoms with van der Waals surface area (Å²) in [6, 6.07) is 4.43. The molecule has 2 aromatic rings. The number of hydrogen-bond donors (Lipinski definition) is 2. The number of carbonyl (C=O) groups excluding carboxylic acids is 1. The lowest BCUT2D eigenvalue weighted by atomic mass is 9.99. The maximum absolute atomic E-state index is 14.7. The first kappa shape index (κ1) is 21.4. The summed E-state index contributed by atoms with van der Waals surface area (Å²) in [5.41, 5.74) is 1.56. The SMILES string of the molecule is Cc1oc(S(=O)(=O)N(C)C)cc1C(=O)Nc1ccc2c(c1F)CCNC2.Cl. The lowest BCUT2D eigenvalue weighted by molar-refractivity contribution is 0.102. The minimum absolute atomic E-state index is 0. The van der Waals surface area contributed by atoms with E-state index in [9.17, 15) is 17.6 Å². The highest BCUT2D eigenvalue weighted by molar-refractivity contribution is 7.88. The molecule has 1 aliphatic heterocycles. The van der Waals surface area contributed by atoms with Gasteiger partial charge in [0, 0.05) is 26.7 Å². The Balaban J connectivity index is 0.00000261. The average molecular weight is 418 g/mol. The van der Waals surface area contributed by atoms with Crippen LogP contribution in [0, 0.1) is 12.7 Å². The fraction of sp³-hybridized carbons (Fsp3) is 0.353. The topological polar surface area (TPSA) is 91.7 Å². The van der Waals surface area contributed by atoms with Gasteiger partial charge in [-0.05, 0) is 37.1 Å². The molecule has 0 fully saturated rings. The lowest BCUT2D eigenvalue weighted by Crippen LogP contribution is -2.25. The predicted octanol–water partition coefficient (Wildman–Crippen LogP) is 2.30. The Morgan fingerprint density at radius 2 is 2.04 bits per heavy atom. The summed E-state index contributed by atoms with van der Waals surface area (Å²) in [6.07, 6.45) is 0.543. The number of furan rings is 1. The Hall–Kier alpha value is -1.94. The second-order valence-electron chi connectivity index (χ2n) is 6.27. The monoisotopic (exact) mass is 417 g/mol. The van der Waals surface area contributed by atoms with Crippen LogP contribution in [0.3, 0.4) is 0 Å². The molecule has 2 N–H and O–H groups in total. The van der Waals surface area contributed by atoms with Crippen LogP contribution < -0.4 is 10.6 Å². The zero-order chi connectivity index (χ0) is 19.1. The van der Waals surface area contributed by atoms with Crippen molar-refractivity contribution in [3.63, 3.8) is 0 Å². The third-order valence-electron chi connectivity index (χ3n) is 4.33. The van der Waals surface area contributed by atoms with E-state index in [1.54, 1.807) is 6.07 Å². The molecule has 0 saturated carbocycles. The van der Waals surface area contributed by atoms with Gasteiger partial charge in [-0.25, -0.2) is 17.1 Å². The molecule has 1 aromatic heterocycles. The number of anilines is 1. The second-order valence-corrected chi connectivity index (χ2v) is 8.35. The van der Waals surface area contributed by atoms with Crippen LogP contribution in [0.2, 0.25) is 0 Å². The molecule has 1 aromatic carbocycles. The van der Waals surface area contributed by atoms with Gasteiger partial charge in [0.25, 0.3) is 15.9 Å². The Morgan fingerprint density at radius 1 is 1.33 bits per heavy atom. The van der Waals surface area contributed by atoms with Gasteiger partial charge in [0.1, 0.15) is 11.6 Å². The van der Waals surface area contributed by atoms with Crippen LogP contribution in [0.25, 0.3) is 0 Å². The molecule has 27 heavy (non-hydrogen) atoms. The van der Waals surface area contributed by atoms with Crippen LogP contribution in [-0.2, 0) is 23.0 Å². The number of rotatable bonds is 4. The third kappa shape index (κ3) is 4.01. The van der Waals surface area contributed by atoms with Crippen LogP contribution in [-0.4, -0.2) is 39.3 Å². The van der Waals surface area contributed by atoms with E-state index in [1.807, 2.05) is 0 Å². The van der Waals surface area contributed by atoms with Crippen molar-refractivity contribution in [2.24, 2.45) is 0 Å². The van der Waals surface area contributed by atoms with Crippen LogP contribution >= 0.6 is 12.4 Å². The van der Waals surface area contributed by atoms with Gasteiger partial charge in [-0.2, -0.15) is 0 Å². The first-order chi connectivity index (χ1) is 12.2. The molecule has 1 aliphatic rings. The second kappa shape index (κ2) is 7.97. The first-order valence-corrected chi connectivity index (χ1v) is 9.51. The Bertz CT molecular complexity index is 973. The van der Waals surface area contributed by atoms with Gasteiger partial charge >= 0.3 is 0 Å². The molecule has 7 nitrogen and oxygen atoms in total. The van der Waals surface area contributed by atoms with Gasteiger partial charge in [-0.3, -0.25) is 4.79 Å². The molecule has 2 heterocycles. The van der Waals surface area contributed by atoms with Crippen LogP contribution in [0.4, 0.5) is 10.1 Å². The van der Waals surface area contributed by atoms with E-state index < -0.39 is 21.7 Å². The number of fused-ring (bicyclic) bond motifs is 1. The van der Waals surface area contributed by atoms with Crippen molar-refractivity contribution in [3.8, 4) is 0 Å².